The van der Waals surface area contributed by atoms with Crippen molar-refractivity contribution >= 4 is 39.1 Å². The summed E-state index contributed by atoms with van der Waals surface area (Å²) >= 11 is 0. The van der Waals surface area contributed by atoms with E-state index in [0.717, 1.165) is 0 Å². The molecule has 4 N–H and O–H groups in total. The first-order chi connectivity index (χ1) is 13.9. The highest BCUT2D eigenvalue weighted by molar-refractivity contribution is 7.90. The van der Waals surface area contributed by atoms with Crippen LogP contribution in [-0.4, -0.2) is 20.5 Å². The molecule has 0 aliphatic rings. The molecular weight excluding hydrogens is 392 g/mol. The SMILES string of the molecule is O=C(Nc1ccccc1)Nc1ccccc1S(=O)(=O)NC(=O)Nc1ccccc1. The molecule has 0 fully saturated rings. The fraction of sp³-hybridized carbons (Fsp3) is 0. The number of hydrogen-bond donors (Lipinski definition) is 4. The Hall–Kier alpha value is -3.85. The number of carbonyl (C=O) groups excluding carboxylic acids is 2. The molecule has 3 rings (SSSR count). The summed E-state index contributed by atoms with van der Waals surface area (Å²) in [6.45, 7) is 0. The summed E-state index contributed by atoms with van der Waals surface area (Å²) in [5.74, 6) is 0. The molecule has 0 aromatic heterocycles. The van der Waals surface area contributed by atoms with Crippen LogP contribution in [0.1, 0.15) is 0 Å². The summed E-state index contributed by atoms with van der Waals surface area (Å²) < 4.78 is 27.2. The maximum absolute atomic E-state index is 12.6. The van der Waals surface area contributed by atoms with Crippen molar-refractivity contribution in [2.75, 3.05) is 16.0 Å². The van der Waals surface area contributed by atoms with Crippen molar-refractivity contribution in [1.82, 2.24) is 4.72 Å². The molecule has 0 bridgehead atoms. The number of sulfonamides is 1. The predicted octanol–water partition coefficient (Wildman–Crippen LogP) is 3.84. The Morgan fingerprint density at radius 2 is 1.07 bits per heavy atom. The first-order valence-corrected chi connectivity index (χ1v) is 10.0. The van der Waals surface area contributed by atoms with Crippen LogP contribution < -0.4 is 20.7 Å². The second kappa shape index (κ2) is 8.89. The molecule has 0 radical (unpaired) electrons. The van der Waals surface area contributed by atoms with Crippen molar-refractivity contribution < 1.29 is 18.0 Å². The summed E-state index contributed by atoms with van der Waals surface area (Å²) in [5.41, 5.74) is 1.01. The number of para-hydroxylation sites is 3. The summed E-state index contributed by atoms with van der Waals surface area (Å²) in [5, 5.41) is 7.52. The molecule has 3 aromatic carbocycles. The molecule has 0 aliphatic carbocycles. The van der Waals surface area contributed by atoms with Crippen LogP contribution in [0.2, 0.25) is 0 Å². The fourth-order valence-electron chi connectivity index (χ4n) is 2.47. The van der Waals surface area contributed by atoms with Gasteiger partial charge in [-0.25, -0.2) is 22.7 Å². The lowest BCUT2D eigenvalue weighted by Gasteiger charge is -2.13. The number of hydrogen-bond acceptors (Lipinski definition) is 4. The Balaban J connectivity index is 1.72. The zero-order valence-electron chi connectivity index (χ0n) is 15.1. The maximum atomic E-state index is 12.6. The van der Waals surface area contributed by atoms with E-state index in [-0.39, 0.29) is 10.6 Å². The van der Waals surface area contributed by atoms with Crippen LogP contribution in [0.5, 0.6) is 0 Å². The van der Waals surface area contributed by atoms with Gasteiger partial charge in [0.25, 0.3) is 10.0 Å². The van der Waals surface area contributed by atoms with Gasteiger partial charge in [0.2, 0.25) is 0 Å². The molecule has 29 heavy (non-hydrogen) atoms. The van der Waals surface area contributed by atoms with Gasteiger partial charge in [0, 0.05) is 11.4 Å². The third-order valence-corrected chi connectivity index (χ3v) is 5.10. The minimum atomic E-state index is -4.23. The van der Waals surface area contributed by atoms with Crippen molar-refractivity contribution in [1.29, 1.82) is 0 Å². The van der Waals surface area contributed by atoms with Gasteiger partial charge in [-0.3, -0.25) is 0 Å². The van der Waals surface area contributed by atoms with E-state index in [1.807, 2.05) is 4.72 Å². The number of amides is 4. The standard InChI is InChI=1S/C20H18N4O4S/c25-19(21-15-9-3-1-4-10-15)23-17-13-7-8-14-18(17)29(27,28)24-20(26)22-16-11-5-2-6-12-16/h1-14H,(H2,21,23,25)(H2,22,24,26). The molecule has 0 aliphatic heterocycles. The fourth-order valence-corrected chi connectivity index (χ4v) is 3.54. The van der Waals surface area contributed by atoms with E-state index < -0.39 is 22.1 Å². The molecule has 148 valence electrons. The van der Waals surface area contributed by atoms with Crippen LogP contribution in [0.4, 0.5) is 26.7 Å². The molecule has 0 spiro atoms. The molecule has 0 unspecified atom stereocenters. The molecule has 0 atom stereocenters. The van der Waals surface area contributed by atoms with Gasteiger partial charge in [-0.1, -0.05) is 48.5 Å². The third-order valence-electron chi connectivity index (χ3n) is 3.72. The zero-order chi connectivity index (χ0) is 20.7. The minimum Gasteiger partial charge on any atom is -0.308 e. The number of nitrogens with one attached hydrogen (secondary N) is 4. The van der Waals surface area contributed by atoms with Crippen molar-refractivity contribution in [3.63, 3.8) is 0 Å². The second-order valence-electron chi connectivity index (χ2n) is 5.87. The molecular formula is C20H18N4O4S. The molecule has 0 heterocycles. The summed E-state index contributed by atoms with van der Waals surface area (Å²) in [6, 6.07) is 21.3. The van der Waals surface area contributed by atoms with Crippen molar-refractivity contribution in [3.05, 3.63) is 84.9 Å². The summed E-state index contributed by atoms with van der Waals surface area (Å²) in [7, 11) is -4.23. The highest BCUT2D eigenvalue weighted by atomic mass is 32.2. The second-order valence-corrected chi connectivity index (χ2v) is 7.52. The minimum absolute atomic E-state index is 0.0287. The normalized spacial score (nSPS) is 10.6. The monoisotopic (exact) mass is 410 g/mol. The summed E-state index contributed by atoms with van der Waals surface area (Å²) in [6.07, 6.45) is 0. The molecule has 0 saturated heterocycles. The highest BCUT2D eigenvalue weighted by Crippen LogP contribution is 2.21. The van der Waals surface area contributed by atoms with E-state index in [1.165, 1.54) is 18.2 Å². The van der Waals surface area contributed by atoms with Crippen LogP contribution in [0.3, 0.4) is 0 Å². The van der Waals surface area contributed by atoms with Crippen LogP contribution in [0.15, 0.2) is 89.8 Å². The molecule has 9 heteroatoms. The van der Waals surface area contributed by atoms with Gasteiger partial charge in [0.1, 0.15) is 4.90 Å². The lowest BCUT2D eigenvalue weighted by atomic mass is 10.3. The number of anilines is 3. The smallest absolute Gasteiger partial charge is 0.308 e. The van der Waals surface area contributed by atoms with Crippen molar-refractivity contribution in [2.24, 2.45) is 0 Å². The van der Waals surface area contributed by atoms with Gasteiger partial charge in [-0.05, 0) is 36.4 Å². The van der Waals surface area contributed by atoms with E-state index in [4.69, 9.17) is 0 Å². The Morgan fingerprint density at radius 3 is 1.66 bits per heavy atom. The molecule has 4 amide bonds. The lowest BCUT2D eigenvalue weighted by Crippen LogP contribution is -2.35. The summed E-state index contributed by atoms with van der Waals surface area (Å²) in [4.78, 5) is 24.0. The van der Waals surface area contributed by atoms with Gasteiger partial charge >= 0.3 is 12.1 Å². The topological polar surface area (TPSA) is 116 Å². The number of urea groups is 2. The van der Waals surface area contributed by atoms with Crippen LogP contribution in [0.25, 0.3) is 0 Å². The van der Waals surface area contributed by atoms with Gasteiger partial charge in [0.05, 0.1) is 5.69 Å². The zero-order valence-corrected chi connectivity index (χ0v) is 15.9. The van der Waals surface area contributed by atoms with Gasteiger partial charge in [0.15, 0.2) is 0 Å². The van der Waals surface area contributed by atoms with E-state index in [9.17, 15) is 18.0 Å². The van der Waals surface area contributed by atoms with Crippen LogP contribution in [0, 0.1) is 0 Å². The van der Waals surface area contributed by atoms with E-state index in [1.54, 1.807) is 66.7 Å². The van der Waals surface area contributed by atoms with Gasteiger partial charge in [-0.15, -0.1) is 0 Å². The van der Waals surface area contributed by atoms with E-state index in [0.29, 0.717) is 11.4 Å². The number of benzene rings is 3. The lowest BCUT2D eigenvalue weighted by molar-refractivity contribution is 0.256. The Kier molecular flexibility index (Phi) is 6.10. The Labute approximate surface area is 168 Å². The molecule has 3 aromatic rings. The largest absolute Gasteiger partial charge is 0.333 e. The first kappa shape index (κ1) is 19.9. The van der Waals surface area contributed by atoms with E-state index >= 15 is 0 Å². The predicted molar refractivity (Wildman–Crippen MR) is 111 cm³/mol. The highest BCUT2D eigenvalue weighted by Gasteiger charge is 2.22. The van der Waals surface area contributed by atoms with Gasteiger partial charge < -0.3 is 16.0 Å². The average Bonchev–Trinajstić information content (AvgIpc) is 2.69. The number of rotatable bonds is 5. The van der Waals surface area contributed by atoms with Crippen LogP contribution >= 0.6 is 0 Å². The van der Waals surface area contributed by atoms with Crippen molar-refractivity contribution in [2.45, 2.75) is 4.90 Å². The first-order valence-electron chi connectivity index (χ1n) is 8.55. The number of carbonyl (C=O) groups is 2. The van der Waals surface area contributed by atoms with Crippen molar-refractivity contribution in [3.8, 4) is 0 Å². The Morgan fingerprint density at radius 1 is 0.586 bits per heavy atom. The molecule has 8 nitrogen and oxygen atoms in total. The molecule has 0 saturated carbocycles. The Bertz CT molecular complexity index is 1100. The third kappa shape index (κ3) is 5.56. The quantitative estimate of drug-likeness (QED) is 0.511. The van der Waals surface area contributed by atoms with E-state index in [2.05, 4.69) is 16.0 Å². The average molecular weight is 410 g/mol. The van der Waals surface area contributed by atoms with Crippen LogP contribution in [-0.2, 0) is 10.0 Å². The van der Waals surface area contributed by atoms with Gasteiger partial charge in [-0.2, -0.15) is 0 Å². The maximum Gasteiger partial charge on any atom is 0.333 e.